The average Bonchev–Trinajstić information content (AvgIpc) is 2.77. The van der Waals surface area contributed by atoms with Crippen molar-refractivity contribution in [2.24, 2.45) is 0 Å². The lowest BCUT2D eigenvalue weighted by Gasteiger charge is -2.22. The van der Waals surface area contributed by atoms with Gasteiger partial charge in [0.25, 0.3) is 0 Å². The van der Waals surface area contributed by atoms with Gasteiger partial charge in [-0.05, 0) is 39.3 Å². The Labute approximate surface area is 86.1 Å². The highest BCUT2D eigenvalue weighted by molar-refractivity contribution is 5.77. The molecule has 0 aliphatic carbocycles. The Morgan fingerprint density at radius 3 is 2.50 bits per heavy atom. The zero-order valence-corrected chi connectivity index (χ0v) is 9.04. The second kappa shape index (κ2) is 4.30. The second-order valence-corrected chi connectivity index (χ2v) is 4.57. The molecule has 0 N–H and O–H groups in total. The van der Waals surface area contributed by atoms with Gasteiger partial charge in [0.15, 0.2) is 0 Å². The van der Waals surface area contributed by atoms with Crippen molar-refractivity contribution >= 4 is 5.91 Å². The number of nitrogens with zero attached hydrogens (tertiary/aromatic N) is 2. The number of hydrogen-bond donors (Lipinski definition) is 0. The number of amides is 1. The van der Waals surface area contributed by atoms with Crippen LogP contribution >= 0.6 is 0 Å². The quantitative estimate of drug-likeness (QED) is 0.660. The molecule has 3 heteroatoms. The van der Waals surface area contributed by atoms with Gasteiger partial charge in [-0.2, -0.15) is 0 Å². The maximum atomic E-state index is 11.8. The van der Waals surface area contributed by atoms with Crippen LogP contribution in [0.4, 0.5) is 0 Å². The van der Waals surface area contributed by atoms with Crippen molar-refractivity contribution in [3.05, 3.63) is 0 Å². The Morgan fingerprint density at radius 2 is 1.93 bits per heavy atom. The normalized spacial score (nSPS) is 28.6. The van der Waals surface area contributed by atoms with E-state index in [0.717, 1.165) is 26.1 Å². The van der Waals surface area contributed by atoms with Crippen LogP contribution in [0.3, 0.4) is 0 Å². The Kier molecular flexibility index (Phi) is 3.06. The fourth-order valence-electron chi connectivity index (χ4n) is 2.53. The summed E-state index contributed by atoms with van der Waals surface area (Å²) in [4.78, 5) is 16.2. The third-order valence-electron chi connectivity index (χ3n) is 3.54. The first-order valence-electron chi connectivity index (χ1n) is 5.75. The van der Waals surface area contributed by atoms with Gasteiger partial charge in [-0.25, -0.2) is 0 Å². The predicted octanol–water partition coefficient (Wildman–Crippen LogP) is 1.09. The van der Waals surface area contributed by atoms with Crippen LogP contribution in [0.2, 0.25) is 0 Å². The molecule has 0 aromatic heterocycles. The molecule has 1 amide bonds. The van der Waals surface area contributed by atoms with E-state index in [9.17, 15) is 4.79 Å². The summed E-state index contributed by atoms with van der Waals surface area (Å²) in [5.74, 6) is 0.376. The first kappa shape index (κ1) is 9.97. The molecule has 14 heavy (non-hydrogen) atoms. The van der Waals surface area contributed by atoms with Crippen LogP contribution in [0.15, 0.2) is 0 Å². The lowest BCUT2D eigenvalue weighted by molar-refractivity contribution is -0.131. The van der Waals surface area contributed by atoms with Crippen LogP contribution in [0, 0.1) is 0 Å². The standard InChI is InChI=1S/C11H20N2O/c1-12-6-4-5-10(12)9-11(14)13-7-2-3-8-13/h10H,2-9H2,1H3. The Hall–Kier alpha value is -0.570. The van der Waals surface area contributed by atoms with Crippen LogP contribution in [-0.4, -0.2) is 48.4 Å². The molecule has 2 aliphatic heterocycles. The van der Waals surface area contributed by atoms with Crippen molar-refractivity contribution < 1.29 is 4.79 Å². The molecule has 2 aliphatic rings. The molecule has 2 rings (SSSR count). The molecule has 80 valence electrons. The van der Waals surface area contributed by atoms with Crippen LogP contribution in [0.25, 0.3) is 0 Å². The van der Waals surface area contributed by atoms with E-state index >= 15 is 0 Å². The molecule has 0 bridgehead atoms. The number of carbonyl (C=O) groups excluding carboxylic acids is 1. The van der Waals surface area contributed by atoms with Gasteiger partial charge in [-0.3, -0.25) is 4.79 Å². The topological polar surface area (TPSA) is 23.6 Å². The van der Waals surface area contributed by atoms with Gasteiger partial charge >= 0.3 is 0 Å². The summed E-state index contributed by atoms with van der Waals surface area (Å²) in [6.45, 7) is 3.16. The largest absolute Gasteiger partial charge is 0.343 e. The van der Waals surface area contributed by atoms with Crippen molar-refractivity contribution in [2.45, 2.75) is 38.1 Å². The zero-order chi connectivity index (χ0) is 9.97. The van der Waals surface area contributed by atoms with Crippen LogP contribution in [-0.2, 0) is 4.79 Å². The smallest absolute Gasteiger partial charge is 0.224 e. The van der Waals surface area contributed by atoms with E-state index in [-0.39, 0.29) is 0 Å². The SMILES string of the molecule is CN1CCCC1CC(=O)N1CCCC1. The number of likely N-dealkylation sites (tertiary alicyclic amines) is 2. The highest BCUT2D eigenvalue weighted by Crippen LogP contribution is 2.19. The van der Waals surface area contributed by atoms with E-state index in [4.69, 9.17) is 0 Å². The summed E-state index contributed by atoms with van der Waals surface area (Å²) in [7, 11) is 2.13. The van der Waals surface area contributed by atoms with E-state index in [1.807, 2.05) is 4.90 Å². The van der Waals surface area contributed by atoms with Crippen molar-refractivity contribution in [3.63, 3.8) is 0 Å². The highest BCUT2D eigenvalue weighted by Gasteiger charge is 2.26. The van der Waals surface area contributed by atoms with Crippen LogP contribution < -0.4 is 0 Å². The summed E-state index contributed by atoms with van der Waals surface area (Å²) in [6.07, 6.45) is 5.61. The zero-order valence-electron chi connectivity index (χ0n) is 9.04. The van der Waals surface area contributed by atoms with Crippen molar-refractivity contribution in [3.8, 4) is 0 Å². The summed E-state index contributed by atoms with van der Waals surface area (Å²) in [6, 6.07) is 0.517. The Balaban J connectivity index is 1.81. The van der Waals surface area contributed by atoms with Crippen LogP contribution in [0.1, 0.15) is 32.1 Å². The number of hydrogen-bond acceptors (Lipinski definition) is 2. The summed E-state index contributed by atoms with van der Waals surface area (Å²) < 4.78 is 0. The molecule has 0 radical (unpaired) electrons. The van der Waals surface area contributed by atoms with Gasteiger partial charge < -0.3 is 9.80 Å². The molecule has 2 fully saturated rings. The van der Waals surface area contributed by atoms with E-state index in [1.165, 1.54) is 25.7 Å². The van der Waals surface area contributed by atoms with Gasteiger partial charge in [0.1, 0.15) is 0 Å². The molecule has 2 saturated heterocycles. The highest BCUT2D eigenvalue weighted by atomic mass is 16.2. The van der Waals surface area contributed by atoms with Crippen molar-refractivity contribution in [1.29, 1.82) is 0 Å². The second-order valence-electron chi connectivity index (χ2n) is 4.57. The molecule has 0 spiro atoms. The lowest BCUT2D eigenvalue weighted by atomic mass is 10.1. The molecule has 2 heterocycles. The third kappa shape index (κ3) is 2.08. The predicted molar refractivity (Wildman–Crippen MR) is 56.1 cm³/mol. The van der Waals surface area contributed by atoms with E-state index in [2.05, 4.69) is 11.9 Å². The first-order valence-corrected chi connectivity index (χ1v) is 5.75. The number of carbonyl (C=O) groups is 1. The minimum atomic E-state index is 0.376. The summed E-state index contributed by atoms with van der Waals surface area (Å²) in [5.41, 5.74) is 0. The average molecular weight is 196 g/mol. The van der Waals surface area contributed by atoms with Gasteiger partial charge in [0.05, 0.1) is 0 Å². The fourth-order valence-corrected chi connectivity index (χ4v) is 2.53. The maximum Gasteiger partial charge on any atom is 0.224 e. The monoisotopic (exact) mass is 196 g/mol. The molecule has 3 nitrogen and oxygen atoms in total. The van der Waals surface area contributed by atoms with Crippen LogP contribution in [0.5, 0.6) is 0 Å². The minimum absolute atomic E-state index is 0.376. The third-order valence-corrected chi connectivity index (χ3v) is 3.54. The minimum Gasteiger partial charge on any atom is -0.343 e. The fraction of sp³-hybridized carbons (Fsp3) is 0.909. The van der Waals surface area contributed by atoms with E-state index in [0.29, 0.717) is 11.9 Å². The molecule has 0 saturated carbocycles. The summed E-state index contributed by atoms with van der Waals surface area (Å²) in [5, 5.41) is 0. The van der Waals surface area contributed by atoms with Crippen molar-refractivity contribution in [2.75, 3.05) is 26.7 Å². The molecule has 1 atom stereocenters. The lowest BCUT2D eigenvalue weighted by Crippen LogP contribution is -2.34. The molecule has 0 aromatic carbocycles. The molecular weight excluding hydrogens is 176 g/mol. The van der Waals surface area contributed by atoms with Crippen molar-refractivity contribution in [1.82, 2.24) is 9.80 Å². The molecule has 1 unspecified atom stereocenters. The van der Waals surface area contributed by atoms with Gasteiger partial charge in [0, 0.05) is 25.6 Å². The van der Waals surface area contributed by atoms with E-state index < -0.39 is 0 Å². The summed E-state index contributed by atoms with van der Waals surface area (Å²) >= 11 is 0. The van der Waals surface area contributed by atoms with Gasteiger partial charge in [-0.1, -0.05) is 0 Å². The first-order chi connectivity index (χ1) is 6.77. The Bertz CT molecular complexity index is 211. The molecule has 0 aromatic rings. The van der Waals surface area contributed by atoms with E-state index in [1.54, 1.807) is 0 Å². The maximum absolute atomic E-state index is 11.8. The molecular formula is C11H20N2O. The Morgan fingerprint density at radius 1 is 1.21 bits per heavy atom. The van der Waals surface area contributed by atoms with Gasteiger partial charge in [0.2, 0.25) is 5.91 Å². The number of rotatable bonds is 2. The van der Waals surface area contributed by atoms with Gasteiger partial charge in [-0.15, -0.1) is 0 Å².